The van der Waals surface area contributed by atoms with Gasteiger partial charge < -0.3 is 24.1 Å². The summed E-state index contributed by atoms with van der Waals surface area (Å²) in [6.07, 6.45) is 3.86. The number of phenolic OH excluding ortho intramolecular Hbond substituents is 1. The van der Waals surface area contributed by atoms with Crippen molar-refractivity contribution in [1.29, 1.82) is 0 Å². The third-order valence-corrected chi connectivity index (χ3v) is 7.22. The van der Waals surface area contributed by atoms with E-state index in [1.165, 1.54) is 14.0 Å². The lowest BCUT2D eigenvalue weighted by atomic mass is 9.85. The van der Waals surface area contributed by atoms with E-state index >= 15 is 0 Å². The fraction of sp³-hybridized carbons (Fsp3) is 0.533. The summed E-state index contributed by atoms with van der Waals surface area (Å²) in [5.41, 5.74) is 4.64. The van der Waals surface area contributed by atoms with E-state index in [2.05, 4.69) is 6.92 Å². The summed E-state index contributed by atoms with van der Waals surface area (Å²) in [5, 5.41) is 10.5. The van der Waals surface area contributed by atoms with Crippen molar-refractivity contribution in [2.45, 2.75) is 85.7 Å². The fourth-order valence-electron chi connectivity index (χ4n) is 4.94. The molecule has 2 aromatic rings. The van der Waals surface area contributed by atoms with Crippen LogP contribution in [-0.4, -0.2) is 42.8 Å². The predicted molar refractivity (Wildman–Crippen MR) is 142 cm³/mol. The van der Waals surface area contributed by atoms with E-state index in [1.54, 1.807) is 12.1 Å². The van der Waals surface area contributed by atoms with E-state index < -0.39 is 5.60 Å². The molecule has 0 radical (unpaired) electrons. The molecule has 1 atom stereocenters. The highest BCUT2D eigenvalue weighted by Crippen LogP contribution is 2.44. The minimum Gasteiger partial charge on any atom is -0.507 e. The van der Waals surface area contributed by atoms with Crippen molar-refractivity contribution in [3.8, 4) is 23.0 Å². The number of ketones is 1. The van der Waals surface area contributed by atoms with E-state index in [9.17, 15) is 14.7 Å². The maximum Gasteiger partial charge on any atom is 0.309 e. The van der Waals surface area contributed by atoms with E-state index in [0.29, 0.717) is 42.9 Å². The topological polar surface area (TPSA) is 91.3 Å². The summed E-state index contributed by atoms with van der Waals surface area (Å²) >= 11 is 0. The second-order valence-corrected chi connectivity index (χ2v) is 10.1. The van der Waals surface area contributed by atoms with Gasteiger partial charge in [-0.05, 0) is 82.7 Å². The maximum absolute atomic E-state index is 11.9. The van der Waals surface area contributed by atoms with Crippen LogP contribution in [0.3, 0.4) is 0 Å². The first kappa shape index (κ1) is 28.4. The van der Waals surface area contributed by atoms with Gasteiger partial charge in [0.05, 0.1) is 32.3 Å². The van der Waals surface area contributed by atoms with Crippen LogP contribution >= 0.6 is 0 Å². The van der Waals surface area contributed by atoms with Gasteiger partial charge in [-0.2, -0.15) is 0 Å². The number of aromatic hydroxyl groups is 1. The van der Waals surface area contributed by atoms with Gasteiger partial charge >= 0.3 is 5.97 Å². The number of hydrogen-bond acceptors (Lipinski definition) is 7. The normalized spacial score (nSPS) is 16.5. The summed E-state index contributed by atoms with van der Waals surface area (Å²) < 4.78 is 23.4. The Bertz CT molecular complexity index is 1170. The Morgan fingerprint density at radius 3 is 2.43 bits per heavy atom. The second kappa shape index (κ2) is 11.9. The molecule has 3 rings (SSSR count). The van der Waals surface area contributed by atoms with Gasteiger partial charge in [0.1, 0.15) is 28.6 Å². The molecule has 1 aliphatic heterocycles. The summed E-state index contributed by atoms with van der Waals surface area (Å²) in [4.78, 5) is 23.7. The number of Topliss-reactive ketones (excluding diaryl/α,β-unsaturated/α-hetero) is 1. The molecule has 7 nitrogen and oxygen atoms in total. The molecule has 37 heavy (non-hydrogen) atoms. The summed E-state index contributed by atoms with van der Waals surface area (Å²) in [6.45, 7) is 12.4. The first-order valence-electron chi connectivity index (χ1n) is 13.0. The van der Waals surface area contributed by atoms with Crippen molar-refractivity contribution >= 4 is 11.8 Å². The lowest BCUT2D eigenvalue weighted by Crippen LogP contribution is -2.39. The van der Waals surface area contributed by atoms with Gasteiger partial charge in [-0.3, -0.25) is 9.59 Å². The molecule has 1 unspecified atom stereocenters. The van der Waals surface area contributed by atoms with Gasteiger partial charge in [0, 0.05) is 17.5 Å². The number of phenols is 1. The summed E-state index contributed by atoms with van der Waals surface area (Å²) in [7, 11) is 1.40. The summed E-state index contributed by atoms with van der Waals surface area (Å²) in [5.74, 6) is 1.90. The highest BCUT2D eigenvalue weighted by molar-refractivity contribution is 5.97. The van der Waals surface area contributed by atoms with Crippen molar-refractivity contribution in [2.75, 3.05) is 20.3 Å². The molecule has 0 aromatic heterocycles. The molecule has 0 amide bonds. The molecule has 0 fully saturated rings. The molecule has 202 valence electrons. The van der Waals surface area contributed by atoms with Gasteiger partial charge in [-0.1, -0.05) is 13.3 Å². The lowest BCUT2D eigenvalue weighted by Gasteiger charge is -2.37. The molecule has 0 bridgehead atoms. The Morgan fingerprint density at radius 2 is 1.78 bits per heavy atom. The fourth-order valence-corrected chi connectivity index (χ4v) is 4.94. The van der Waals surface area contributed by atoms with Crippen molar-refractivity contribution in [1.82, 2.24) is 0 Å². The SMILES string of the molecule is CCCc1c(OCCCOc2c(C)c(C)c3c(c2C)CCC(C)(CC(=O)OC)O3)ccc(C(C)=O)c1O. The second-order valence-electron chi connectivity index (χ2n) is 10.1. The highest BCUT2D eigenvalue weighted by Gasteiger charge is 2.37. The van der Waals surface area contributed by atoms with Gasteiger partial charge in [0.2, 0.25) is 0 Å². The largest absolute Gasteiger partial charge is 0.507 e. The predicted octanol–water partition coefficient (Wildman–Crippen LogP) is 5.97. The molecule has 1 heterocycles. The number of rotatable bonds is 11. The molecule has 2 aromatic carbocycles. The molecule has 0 saturated carbocycles. The van der Waals surface area contributed by atoms with E-state index in [-0.39, 0.29) is 23.9 Å². The number of ether oxygens (including phenoxy) is 4. The van der Waals surface area contributed by atoms with Crippen LogP contribution in [0.4, 0.5) is 0 Å². The average Bonchev–Trinajstić information content (AvgIpc) is 2.85. The van der Waals surface area contributed by atoms with Crippen LogP contribution in [0.1, 0.15) is 84.6 Å². The van der Waals surface area contributed by atoms with Gasteiger partial charge in [-0.15, -0.1) is 0 Å². The van der Waals surface area contributed by atoms with Crippen molar-refractivity contribution in [3.05, 3.63) is 45.5 Å². The zero-order valence-corrected chi connectivity index (χ0v) is 23.2. The van der Waals surface area contributed by atoms with E-state index in [1.807, 2.05) is 27.7 Å². The van der Waals surface area contributed by atoms with Crippen LogP contribution < -0.4 is 14.2 Å². The van der Waals surface area contributed by atoms with Crippen LogP contribution in [0.25, 0.3) is 0 Å². The Hall–Kier alpha value is -3.22. The number of esters is 1. The number of carbonyl (C=O) groups is 2. The monoisotopic (exact) mass is 512 g/mol. The zero-order valence-electron chi connectivity index (χ0n) is 23.2. The van der Waals surface area contributed by atoms with Gasteiger partial charge in [0.25, 0.3) is 0 Å². The molecule has 0 saturated heterocycles. The molecule has 7 heteroatoms. The van der Waals surface area contributed by atoms with Crippen LogP contribution in [0.5, 0.6) is 23.0 Å². The molecular weight excluding hydrogens is 472 g/mol. The third-order valence-electron chi connectivity index (χ3n) is 7.22. The Kier molecular flexibility index (Phi) is 9.11. The Balaban J connectivity index is 1.66. The molecular formula is C30H40O7. The average molecular weight is 513 g/mol. The summed E-state index contributed by atoms with van der Waals surface area (Å²) in [6, 6.07) is 3.38. The van der Waals surface area contributed by atoms with Crippen molar-refractivity contribution in [2.24, 2.45) is 0 Å². The number of methoxy groups -OCH3 is 1. The number of benzene rings is 2. The zero-order chi connectivity index (χ0) is 27.3. The maximum atomic E-state index is 11.9. The smallest absolute Gasteiger partial charge is 0.309 e. The van der Waals surface area contributed by atoms with Crippen LogP contribution in [0.2, 0.25) is 0 Å². The van der Waals surface area contributed by atoms with Crippen LogP contribution in [0, 0.1) is 20.8 Å². The molecule has 1 N–H and O–H groups in total. The molecule has 1 aliphatic rings. The van der Waals surface area contributed by atoms with Gasteiger partial charge in [-0.25, -0.2) is 0 Å². The van der Waals surface area contributed by atoms with Crippen molar-refractivity contribution in [3.63, 3.8) is 0 Å². The quantitative estimate of drug-likeness (QED) is 0.225. The minimum absolute atomic E-state index is 0.0174. The van der Waals surface area contributed by atoms with Crippen LogP contribution in [-0.2, 0) is 22.4 Å². The molecule has 0 aliphatic carbocycles. The first-order chi connectivity index (χ1) is 17.5. The van der Waals surface area contributed by atoms with E-state index in [4.69, 9.17) is 18.9 Å². The number of carbonyl (C=O) groups excluding carboxylic acids is 2. The minimum atomic E-state index is -0.586. The number of fused-ring (bicyclic) bond motifs is 1. The standard InChI is InChI=1S/C30H40O7/c1-8-10-24-25(12-11-23(21(5)31)27(24)33)35-15-9-16-36-28-18(2)19(3)29-22(20(28)4)13-14-30(6,37-29)17-26(32)34-7/h11-12,33H,8-10,13-17H2,1-7H3. The molecule has 0 spiro atoms. The van der Waals surface area contributed by atoms with E-state index in [0.717, 1.165) is 53.0 Å². The van der Waals surface area contributed by atoms with Gasteiger partial charge in [0.15, 0.2) is 5.78 Å². The number of hydrogen-bond donors (Lipinski definition) is 1. The van der Waals surface area contributed by atoms with Crippen molar-refractivity contribution < 1.29 is 33.6 Å². The first-order valence-corrected chi connectivity index (χ1v) is 13.0. The highest BCUT2D eigenvalue weighted by atomic mass is 16.5. The Morgan fingerprint density at radius 1 is 1.08 bits per heavy atom. The lowest BCUT2D eigenvalue weighted by molar-refractivity contribution is -0.145. The van der Waals surface area contributed by atoms with Crippen LogP contribution in [0.15, 0.2) is 12.1 Å². The third kappa shape index (κ3) is 6.20. The Labute approximate surface area is 220 Å².